The van der Waals surface area contributed by atoms with Crippen molar-refractivity contribution in [2.75, 3.05) is 13.1 Å². The number of aryl methyl sites for hydroxylation is 1. The Hall–Kier alpha value is -4.49. The summed E-state index contributed by atoms with van der Waals surface area (Å²) in [5.41, 5.74) is 8.53. The lowest BCUT2D eigenvalue weighted by Crippen LogP contribution is -2.32. The second kappa shape index (κ2) is 10.0. The average Bonchev–Trinajstić information content (AvgIpc) is 3.36. The Labute approximate surface area is 227 Å². The first-order valence-corrected chi connectivity index (χ1v) is 13.5. The Morgan fingerprint density at radius 2 is 1.51 bits per heavy atom. The second-order valence-corrected chi connectivity index (χ2v) is 10.3. The van der Waals surface area contributed by atoms with Crippen molar-refractivity contribution in [2.24, 2.45) is 0 Å². The lowest BCUT2D eigenvalue weighted by atomic mass is 9.93. The van der Waals surface area contributed by atoms with Gasteiger partial charge < -0.3 is 0 Å². The first kappa shape index (κ1) is 23.6. The molecular weight excluding hydrogens is 482 g/mol. The molecule has 6 aromatic rings. The van der Waals surface area contributed by atoms with E-state index in [-0.39, 0.29) is 0 Å². The summed E-state index contributed by atoms with van der Waals surface area (Å²) < 4.78 is 1.77. The summed E-state index contributed by atoms with van der Waals surface area (Å²) in [4.78, 5) is 21.5. The molecule has 4 heterocycles. The van der Waals surface area contributed by atoms with Gasteiger partial charge in [-0.3, -0.25) is 9.88 Å². The van der Waals surface area contributed by atoms with Gasteiger partial charge in [0.1, 0.15) is 5.82 Å². The van der Waals surface area contributed by atoms with Crippen LogP contribution in [0.25, 0.3) is 39.2 Å². The molecule has 3 aromatic carbocycles. The molecular formula is C32H29N7. The van der Waals surface area contributed by atoms with Crippen LogP contribution in [0.2, 0.25) is 0 Å². The van der Waals surface area contributed by atoms with Crippen LogP contribution in [0.5, 0.6) is 0 Å². The molecule has 3 aromatic heterocycles. The number of nitrogens with zero attached hydrogens (tertiary/aromatic N) is 7. The highest BCUT2D eigenvalue weighted by Gasteiger charge is 2.22. The number of likely N-dealkylation sites (tertiary alicyclic amines) is 1. The zero-order chi connectivity index (χ0) is 26.2. The molecule has 0 radical (unpaired) electrons. The minimum absolute atomic E-state index is 0.471. The van der Waals surface area contributed by atoms with Crippen molar-refractivity contribution in [1.82, 2.24) is 34.4 Å². The zero-order valence-corrected chi connectivity index (χ0v) is 21.9. The summed E-state index contributed by atoms with van der Waals surface area (Å²) in [6.07, 6.45) is 6.21. The molecule has 1 saturated heterocycles. The third-order valence-corrected chi connectivity index (χ3v) is 7.63. The highest BCUT2D eigenvalue weighted by Crippen LogP contribution is 2.32. The van der Waals surface area contributed by atoms with Gasteiger partial charge in [0.15, 0.2) is 0 Å². The Morgan fingerprint density at radius 3 is 2.31 bits per heavy atom. The van der Waals surface area contributed by atoms with Crippen LogP contribution in [0.15, 0.2) is 91.3 Å². The fourth-order valence-corrected chi connectivity index (χ4v) is 5.56. The van der Waals surface area contributed by atoms with Crippen molar-refractivity contribution in [1.29, 1.82) is 0 Å². The monoisotopic (exact) mass is 511 g/mol. The molecule has 0 unspecified atom stereocenters. The van der Waals surface area contributed by atoms with Gasteiger partial charge in [0.25, 0.3) is 5.78 Å². The van der Waals surface area contributed by atoms with Gasteiger partial charge in [-0.15, -0.1) is 0 Å². The molecule has 1 fully saturated rings. The van der Waals surface area contributed by atoms with Crippen molar-refractivity contribution >= 4 is 16.8 Å². The van der Waals surface area contributed by atoms with Crippen LogP contribution in [0.3, 0.4) is 0 Å². The summed E-state index contributed by atoms with van der Waals surface area (Å²) in [6, 6.07) is 27.3. The Kier molecular flexibility index (Phi) is 6.06. The van der Waals surface area contributed by atoms with Crippen LogP contribution in [-0.4, -0.2) is 47.5 Å². The second-order valence-electron chi connectivity index (χ2n) is 10.3. The molecule has 0 amide bonds. The largest absolute Gasteiger partial charge is 0.299 e. The van der Waals surface area contributed by atoms with E-state index in [9.17, 15) is 0 Å². The lowest BCUT2D eigenvalue weighted by molar-refractivity contribution is 0.203. The van der Waals surface area contributed by atoms with Crippen molar-refractivity contribution < 1.29 is 0 Å². The molecule has 0 saturated carbocycles. The number of benzene rings is 3. The van der Waals surface area contributed by atoms with Crippen molar-refractivity contribution in [3.05, 3.63) is 108 Å². The maximum Gasteiger partial charge on any atom is 0.252 e. The topological polar surface area (TPSA) is 72.1 Å². The number of piperidine rings is 1. The van der Waals surface area contributed by atoms with Crippen LogP contribution < -0.4 is 0 Å². The van der Waals surface area contributed by atoms with Crippen molar-refractivity contribution in [3.63, 3.8) is 0 Å². The predicted molar refractivity (Wildman–Crippen MR) is 153 cm³/mol. The van der Waals surface area contributed by atoms with E-state index < -0.39 is 0 Å². The minimum atomic E-state index is 0.471. The van der Waals surface area contributed by atoms with E-state index in [2.05, 4.69) is 68.5 Å². The highest BCUT2D eigenvalue weighted by atomic mass is 15.3. The zero-order valence-electron chi connectivity index (χ0n) is 21.9. The summed E-state index contributed by atoms with van der Waals surface area (Å²) >= 11 is 0. The third kappa shape index (κ3) is 4.77. The fraction of sp³-hybridized carbons (Fsp3) is 0.219. The normalized spacial score (nSPS) is 14.8. The van der Waals surface area contributed by atoms with E-state index in [1.165, 1.54) is 5.56 Å². The van der Waals surface area contributed by atoms with Gasteiger partial charge in [0.05, 0.1) is 22.4 Å². The van der Waals surface area contributed by atoms with Crippen LogP contribution in [0.1, 0.15) is 35.8 Å². The van der Waals surface area contributed by atoms with Gasteiger partial charge in [0, 0.05) is 36.0 Å². The molecule has 192 valence electrons. The maximum atomic E-state index is 4.91. The number of hydrogen-bond acceptors (Lipinski definition) is 6. The molecule has 0 atom stereocenters. The van der Waals surface area contributed by atoms with Crippen molar-refractivity contribution in [3.8, 4) is 22.4 Å². The van der Waals surface area contributed by atoms with Crippen LogP contribution in [0.4, 0.5) is 0 Å². The van der Waals surface area contributed by atoms with E-state index in [0.29, 0.717) is 17.5 Å². The minimum Gasteiger partial charge on any atom is -0.299 e. The van der Waals surface area contributed by atoms with E-state index in [4.69, 9.17) is 9.97 Å². The molecule has 7 rings (SSSR count). The molecule has 1 aliphatic heterocycles. The molecule has 0 aliphatic carbocycles. The Morgan fingerprint density at radius 1 is 0.769 bits per heavy atom. The molecule has 7 heteroatoms. The average molecular weight is 512 g/mol. The quantitative estimate of drug-likeness (QED) is 0.279. The van der Waals surface area contributed by atoms with Gasteiger partial charge in [0.2, 0.25) is 0 Å². The fourth-order valence-electron chi connectivity index (χ4n) is 5.56. The highest BCUT2D eigenvalue weighted by molar-refractivity contribution is 5.81. The number of para-hydroxylation sites is 2. The van der Waals surface area contributed by atoms with Gasteiger partial charge in [-0.2, -0.15) is 10.1 Å². The van der Waals surface area contributed by atoms with Crippen molar-refractivity contribution in [2.45, 2.75) is 32.2 Å². The van der Waals surface area contributed by atoms with Crippen LogP contribution in [0, 0.1) is 6.92 Å². The van der Waals surface area contributed by atoms with Crippen LogP contribution >= 0.6 is 0 Å². The summed E-state index contributed by atoms with van der Waals surface area (Å²) in [6.45, 7) is 4.95. The molecule has 0 N–H and O–H groups in total. The van der Waals surface area contributed by atoms with E-state index in [1.807, 2.05) is 49.6 Å². The SMILES string of the molecule is Cc1nc2nc(-c3ccc(CN4CCC(c5cnc6ccccc6n5)CC4)cc3)c(-c3ccccc3)cn2n1. The predicted octanol–water partition coefficient (Wildman–Crippen LogP) is 6.09. The standard InChI is InChI=1S/C32H29N7/c1-22-34-32-36-31(27(21-39(32)37-22)24-7-3-2-4-8-24)26-13-11-23(12-14-26)20-38-17-15-25(16-18-38)30-19-33-28-9-5-6-10-29(28)35-30/h2-14,19,21,25H,15-18,20H2,1H3. The van der Waals surface area contributed by atoms with Gasteiger partial charge in [-0.1, -0.05) is 66.7 Å². The van der Waals surface area contributed by atoms with E-state index in [1.54, 1.807) is 4.52 Å². The number of fused-ring (bicyclic) bond motifs is 2. The van der Waals surface area contributed by atoms with Gasteiger partial charge >= 0.3 is 0 Å². The summed E-state index contributed by atoms with van der Waals surface area (Å²) in [5, 5.41) is 4.48. The first-order valence-electron chi connectivity index (χ1n) is 13.5. The van der Waals surface area contributed by atoms with Crippen LogP contribution in [-0.2, 0) is 6.54 Å². The van der Waals surface area contributed by atoms with Gasteiger partial charge in [-0.05, 0) is 56.1 Å². The summed E-state index contributed by atoms with van der Waals surface area (Å²) in [5.74, 6) is 1.80. The summed E-state index contributed by atoms with van der Waals surface area (Å²) in [7, 11) is 0. The molecule has 7 nitrogen and oxygen atoms in total. The number of rotatable bonds is 5. The Balaban J connectivity index is 1.07. The van der Waals surface area contributed by atoms with E-state index >= 15 is 0 Å². The third-order valence-electron chi connectivity index (χ3n) is 7.63. The lowest BCUT2D eigenvalue weighted by Gasteiger charge is -2.31. The first-order chi connectivity index (χ1) is 19.2. The maximum absolute atomic E-state index is 4.91. The smallest absolute Gasteiger partial charge is 0.252 e. The molecule has 0 bridgehead atoms. The molecule has 1 aliphatic rings. The van der Waals surface area contributed by atoms with Gasteiger partial charge in [-0.25, -0.2) is 14.5 Å². The number of aromatic nitrogens is 6. The Bertz CT molecular complexity index is 1750. The number of hydrogen-bond donors (Lipinski definition) is 0. The molecule has 0 spiro atoms. The van der Waals surface area contributed by atoms with E-state index in [0.717, 1.165) is 71.6 Å². The molecule has 39 heavy (non-hydrogen) atoms.